The van der Waals surface area contributed by atoms with Gasteiger partial charge < -0.3 is 4.42 Å². The molecule has 206 valence electrons. The Bertz CT molecular complexity index is 2260. The monoisotopic (exact) mass is 557 g/mol. The number of benzene rings is 5. The van der Waals surface area contributed by atoms with E-state index in [0.717, 1.165) is 51.5 Å². The largest absolute Gasteiger partial charge is 0.456 e. The van der Waals surface area contributed by atoms with Crippen LogP contribution in [0.25, 0.3) is 67.2 Å². The van der Waals surface area contributed by atoms with Crippen molar-refractivity contribution in [1.82, 2.24) is 15.0 Å². The van der Waals surface area contributed by atoms with Crippen LogP contribution in [0.3, 0.4) is 0 Å². The van der Waals surface area contributed by atoms with Crippen LogP contribution in [0.5, 0.6) is 0 Å². The Morgan fingerprint density at radius 3 is 2.00 bits per heavy atom. The number of aromatic nitrogens is 3. The van der Waals surface area contributed by atoms with Gasteiger partial charge in [-0.2, -0.15) is 0 Å². The van der Waals surface area contributed by atoms with Crippen LogP contribution < -0.4 is 0 Å². The van der Waals surface area contributed by atoms with Gasteiger partial charge in [0.1, 0.15) is 11.2 Å². The second-order valence-corrected chi connectivity index (χ2v) is 11.6. The van der Waals surface area contributed by atoms with Crippen molar-refractivity contribution in [3.05, 3.63) is 126 Å². The minimum absolute atomic E-state index is 0.210. The summed E-state index contributed by atoms with van der Waals surface area (Å²) >= 11 is 0. The first-order valence-corrected chi connectivity index (χ1v) is 15.0. The van der Waals surface area contributed by atoms with Gasteiger partial charge in [-0.25, -0.2) is 15.0 Å². The van der Waals surface area contributed by atoms with Crippen molar-refractivity contribution in [2.45, 2.75) is 37.5 Å². The number of hydrogen-bond donors (Lipinski definition) is 0. The topological polar surface area (TPSA) is 51.8 Å². The Morgan fingerprint density at radius 2 is 1.16 bits per heavy atom. The number of hydrogen-bond acceptors (Lipinski definition) is 4. The van der Waals surface area contributed by atoms with Crippen LogP contribution in [-0.2, 0) is 5.41 Å². The van der Waals surface area contributed by atoms with Crippen LogP contribution in [0, 0.1) is 0 Å². The average molecular weight is 558 g/mol. The third-order valence-corrected chi connectivity index (χ3v) is 9.29. The molecule has 9 rings (SSSR count). The van der Waals surface area contributed by atoms with Crippen molar-refractivity contribution in [1.29, 1.82) is 0 Å². The summed E-state index contributed by atoms with van der Waals surface area (Å²) in [7, 11) is 0. The zero-order valence-corrected chi connectivity index (χ0v) is 23.5. The van der Waals surface area contributed by atoms with Crippen molar-refractivity contribution < 1.29 is 7.16 Å². The zero-order chi connectivity index (χ0) is 30.2. The van der Waals surface area contributed by atoms with Crippen LogP contribution in [0.2, 0.25) is 0 Å². The smallest absolute Gasteiger partial charge is 0.164 e. The van der Waals surface area contributed by atoms with E-state index in [0.29, 0.717) is 30.3 Å². The summed E-state index contributed by atoms with van der Waals surface area (Å²) in [6.07, 6.45) is 1.52. The normalized spacial score (nSPS) is 17.0. The number of rotatable bonds is 3. The third kappa shape index (κ3) is 3.79. The first-order chi connectivity index (χ1) is 22.0. The highest BCUT2D eigenvalue weighted by Crippen LogP contribution is 2.56. The van der Waals surface area contributed by atoms with E-state index < -0.39 is 6.37 Å². The predicted octanol–water partition coefficient (Wildman–Crippen LogP) is 10.0. The molecule has 1 fully saturated rings. The number of nitrogens with zero attached hydrogens (tertiary/aromatic N) is 3. The lowest BCUT2D eigenvalue weighted by Gasteiger charge is -2.36. The van der Waals surface area contributed by atoms with Crippen molar-refractivity contribution in [2.24, 2.45) is 0 Å². The fourth-order valence-electron chi connectivity index (χ4n) is 7.20. The van der Waals surface area contributed by atoms with E-state index in [4.69, 9.17) is 22.1 Å². The standard InChI is InChI=1S/C39H29N3O/c1-3-11-25(12-4-1)36-40-37(42-38(41-36)27-18-20-31-30-14-6-8-16-34(30)43-35(31)24-27)26-17-19-29-28-13-5-7-15-32(28)39(33(29)23-26)21-9-2-10-22-39/h1,3-8,11-20,23-24H,2,9-10,21-22H2/i2D2. The lowest BCUT2D eigenvalue weighted by molar-refractivity contribution is 0.353. The molecular weight excluding hydrogens is 526 g/mol. The van der Waals surface area contributed by atoms with Crippen molar-refractivity contribution >= 4 is 21.9 Å². The van der Waals surface area contributed by atoms with Crippen LogP contribution >= 0.6 is 0 Å². The summed E-state index contributed by atoms with van der Waals surface area (Å²) < 4.78 is 23.1. The van der Waals surface area contributed by atoms with Gasteiger partial charge in [0.25, 0.3) is 0 Å². The van der Waals surface area contributed by atoms with Gasteiger partial charge in [0, 0.05) is 35.6 Å². The summed E-state index contributed by atoms with van der Waals surface area (Å²) in [6.45, 7) is 0. The molecule has 2 aliphatic carbocycles. The Balaban J connectivity index is 1.21. The summed E-state index contributed by atoms with van der Waals surface area (Å²) in [5.74, 6) is 1.82. The maximum absolute atomic E-state index is 8.44. The number of para-hydroxylation sites is 1. The Hall–Kier alpha value is -5.09. The molecule has 0 bridgehead atoms. The molecule has 0 N–H and O–H groups in total. The zero-order valence-electron chi connectivity index (χ0n) is 25.5. The molecule has 0 aliphatic heterocycles. The predicted molar refractivity (Wildman–Crippen MR) is 173 cm³/mol. The van der Waals surface area contributed by atoms with E-state index >= 15 is 0 Å². The Morgan fingerprint density at radius 1 is 0.535 bits per heavy atom. The molecule has 0 amide bonds. The number of fused-ring (bicyclic) bond motifs is 8. The maximum Gasteiger partial charge on any atom is 0.164 e. The SMILES string of the molecule is [2H]C1([2H])CCC2(CC1)c1ccccc1-c1ccc(-c3nc(-c4ccccc4)nc(-c4ccc5c(c4)oc4ccccc45)n3)cc12. The summed E-state index contributed by atoms with van der Waals surface area (Å²) in [5, 5.41) is 2.15. The second-order valence-electron chi connectivity index (χ2n) is 11.6. The van der Waals surface area contributed by atoms with Gasteiger partial charge in [-0.05, 0) is 59.4 Å². The summed E-state index contributed by atoms with van der Waals surface area (Å²) in [5.41, 5.74) is 9.20. The summed E-state index contributed by atoms with van der Waals surface area (Å²) in [6, 6.07) is 39.5. The van der Waals surface area contributed by atoms with E-state index in [1.54, 1.807) is 0 Å². The average Bonchev–Trinajstić information content (AvgIpc) is 3.59. The molecule has 2 aliphatic rings. The molecule has 1 saturated carbocycles. The van der Waals surface area contributed by atoms with Gasteiger partial charge in [-0.3, -0.25) is 0 Å². The second kappa shape index (κ2) is 9.47. The van der Waals surface area contributed by atoms with Gasteiger partial charge in [0.15, 0.2) is 17.5 Å². The minimum atomic E-state index is -1.13. The van der Waals surface area contributed by atoms with Crippen LogP contribution in [0.4, 0.5) is 0 Å². The summed E-state index contributed by atoms with van der Waals surface area (Å²) in [4.78, 5) is 15.0. The van der Waals surface area contributed by atoms with Gasteiger partial charge in [0.05, 0.1) is 0 Å². The highest BCUT2D eigenvalue weighted by molar-refractivity contribution is 6.05. The van der Waals surface area contributed by atoms with E-state index in [-0.39, 0.29) is 5.41 Å². The first-order valence-electron chi connectivity index (χ1n) is 16.0. The molecule has 4 heteroatoms. The van der Waals surface area contributed by atoms with Crippen molar-refractivity contribution in [3.8, 4) is 45.3 Å². The molecule has 43 heavy (non-hydrogen) atoms. The molecule has 4 nitrogen and oxygen atoms in total. The van der Waals surface area contributed by atoms with Crippen molar-refractivity contribution in [3.63, 3.8) is 0 Å². The van der Waals surface area contributed by atoms with Crippen LogP contribution in [0.15, 0.2) is 120 Å². The molecule has 5 aromatic carbocycles. The fourth-order valence-corrected chi connectivity index (χ4v) is 7.20. The van der Waals surface area contributed by atoms with E-state index in [1.807, 2.05) is 54.6 Å². The Kier molecular flexibility index (Phi) is 4.95. The molecule has 0 unspecified atom stereocenters. The van der Waals surface area contributed by atoms with E-state index in [1.165, 1.54) is 22.3 Å². The molecule has 0 saturated heterocycles. The van der Waals surface area contributed by atoms with Gasteiger partial charge in [-0.1, -0.05) is 110 Å². The highest BCUT2D eigenvalue weighted by atomic mass is 16.3. The van der Waals surface area contributed by atoms with Gasteiger partial charge >= 0.3 is 0 Å². The molecule has 0 radical (unpaired) electrons. The molecule has 7 aromatic rings. The van der Waals surface area contributed by atoms with Crippen LogP contribution in [0.1, 0.15) is 45.9 Å². The molecule has 1 spiro atoms. The van der Waals surface area contributed by atoms with Crippen LogP contribution in [-0.4, -0.2) is 15.0 Å². The third-order valence-electron chi connectivity index (χ3n) is 9.29. The maximum atomic E-state index is 8.44. The molecule has 0 atom stereocenters. The minimum Gasteiger partial charge on any atom is -0.456 e. The van der Waals surface area contributed by atoms with Crippen molar-refractivity contribution in [2.75, 3.05) is 0 Å². The molecule has 2 aromatic heterocycles. The lowest BCUT2D eigenvalue weighted by atomic mass is 9.67. The van der Waals surface area contributed by atoms with Gasteiger partial charge in [-0.15, -0.1) is 0 Å². The lowest BCUT2D eigenvalue weighted by Crippen LogP contribution is -2.28. The van der Waals surface area contributed by atoms with E-state index in [2.05, 4.69) is 60.7 Å². The molecule has 2 heterocycles. The quantitative estimate of drug-likeness (QED) is 0.217. The number of furan rings is 1. The molecular formula is C39H29N3O. The first kappa shape index (κ1) is 22.5. The van der Waals surface area contributed by atoms with Gasteiger partial charge in [0.2, 0.25) is 0 Å². The Labute approximate surface area is 252 Å². The highest BCUT2D eigenvalue weighted by Gasteiger charge is 2.43. The fraction of sp³-hybridized carbons (Fsp3) is 0.154. The van der Waals surface area contributed by atoms with E-state index in [9.17, 15) is 0 Å².